The maximum absolute atomic E-state index is 12.6. The summed E-state index contributed by atoms with van der Waals surface area (Å²) in [5.74, 6) is -2.95. The largest absolute Gasteiger partial charge is 0.300 e. The average Bonchev–Trinajstić information content (AvgIpc) is 2.00. The van der Waals surface area contributed by atoms with Crippen molar-refractivity contribution in [2.45, 2.75) is 25.2 Å². The van der Waals surface area contributed by atoms with Crippen molar-refractivity contribution in [3.8, 4) is 0 Å². The molecule has 0 aromatic heterocycles. The van der Waals surface area contributed by atoms with Crippen molar-refractivity contribution in [2.75, 3.05) is 13.6 Å². The lowest BCUT2D eigenvalue weighted by molar-refractivity contribution is -0.216. The molecule has 2 nitrogen and oxygen atoms in total. The number of alkyl halides is 4. The topological polar surface area (TPSA) is 15.6 Å². The fourth-order valence-corrected chi connectivity index (χ4v) is 1.82. The molecule has 0 radical (unpaired) electrons. The number of hydrogen-bond acceptors (Lipinski definition) is 2. The Bertz CT molecular complexity index is 221. The first kappa shape index (κ1) is 11.3. The van der Waals surface area contributed by atoms with Crippen LogP contribution in [-0.2, 0) is 0 Å². The Balaban J connectivity index is 2.63. The Hall–Kier alpha value is -0.810. The highest BCUT2D eigenvalue weighted by Gasteiger charge is 2.61. The second-order valence-corrected chi connectivity index (χ2v) is 3.83. The number of rotatable bonds is 4. The van der Waals surface area contributed by atoms with Crippen molar-refractivity contribution >= 4 is 6.72 Å². The Morgan fingerprint density at radius 1 is 1.43 bits per heavy atom. The molecule has 0 atom stereocenters. The molecule has 0 spiro atoms. The maximum atomic E-state index is 12.6. The Morgan fingerprint density at radius 2 is 1.93 bits per heavy atom. The molecule has 6 heteroatoms. The third kappa shape index (κ3) is 1.99. The summed E-state index contributed by atoms with van der Waals surface area (Å²) in [6.45, 7) is 2.97. The van der Waals surface area contributed by atoms with E-state index >= 15 is 0 Å². The summed E-state index contributed by atoms with van der Waals surface area (Å²) >= 11 is 0. The van der Waals surface area contributed by atoms with E-state index in [0.29, 0.717) is 0 Å². The van der Waals surface area contributed by atoms with Gasteiger partial charge in [0.2, 0.25) is 12.3 Å². The minimum atomic E-state index is -2.95. The highest BCUT2D eigenvalue weighted by atomic mass is 19.3. The van der Waals surface area contributed by atoms with E-state index in [2.05, 4.69) is 11.8 Å². The zero-order valence-corrected chi connectivity index (χ0v) is 7.81. The zero-order chi connectivity index (χ0) is 11.0. The summed E-state index contributed by atoms with van der Waals surface area (Å²) in [6, 6.07) is 0. The Kier molecular flexibility index (Phi) is 2.74. The maximum Gasteiger partial charge on any atom is 0.249 e. The molecule has 82 valence electrons. The molecule has 14 heavy (non-hydrogen) atoms. The van der Waals surface area contributed by atoms with Gasteiger partial charge >= 0.3 is 0 Å². The third-order valence-electron chi connectivity index (χ3n) is 2.47. The van der Waals surface area contributed by atoms with E-state index in [-0.39, 0.29) is 6.54 Å². The van der Waals surface area contributed by atoms with E-state index in [1.807, 2.05) is 0 Å². The predicted octanol–water partition coefficient (Wildman–Crippen LogP) is 2.21. The molecule has 0 bridgehead atoms. The molecule has 0 aromatic rings. The molecule has 0 saturated heterocycles. The van der Waals surface area contributed by atoms with E-state index in [9.17, 15) is 17.6 Å². The fourth-order valence-electron chi connectivity index (χ4n) is 1.82. The first-order valence-corrected chi connectivity index (χ1v) is 4.15. The van der Waals surface area contributed by atoms with Gasteiger partial charge in [-0.15, -0.1) is 0 Å². The molecule has 0 aromatic carbocycles. The fraction of sp³-hybridized carbons (Fsp3) is 0.875. The first-order valence-electron chi connectivity index (χ1n) is 4.15. The number of nitrogens with zero attached hydrogens (tertiary/aromatic N) is 2. The van der Waals surface area contributed by atoms with Crippen LogP contribution in [0.1, 0.15) is 12.8 Å². The second kappa shape index (κ2) is 3.40. The van der Waals surface area contributed by atoms with E-state index in [4.69, 9.17) is 0 Å². The third-order valence-corrected chi connectivity index (χ3v) is 2.47. The predicted molar refractivity (Wildman–Crippen MR) is 44.8 cm³/mol. The minimum absolute atomic E-state index is 0.177. The van der Waals surface area contributed by atoms with Crippen LogP contribution < -0.4 is 0 Å². The molecule has 1 aliphatic rings. The molecule has 0 heterocycles. The lowest BCUT2D eigenvalue weighted by atomic mass is 9.66. The Morgan fingerprint density at radius 3 is 2.21 bits per heavy atom. The summed E-state index contributed by atoms with van der Waals surface area (Å²) in [4.78, 5) is 0. The van der Waals surface area contributed by atoms with Crippen molar-refractivity contribution in [1.82, 2.24) is 5.01 Å². The second-order valence-electron chi connectivity index (χ2n) is 3.83. The van der Waals surface area contributed by atoms with Gasteiger partial charge in [0.05, 0.1) is 5.41 Å². The van der Waals surface area contributed by atoms with E-state index in [1.54, 1.807) is 0 Å². The molecule has 1 saturated carbocycles. The highest BCUT2D eigenvalue weighted by Crippen LogP contribution is 2.55. The lowest BCUT2D eigenvalue weighted by Crippen LogP contribution is -2.55. The smallest absolute Gasteiger partial charge is 0.249 e. The van der Waals surface area contributed by atoms with Gasteiger partial charge in [-0.3, -0.25) is 5.01 Å². The van der Waals surface area contributed by atoms with Crippen LogP contribution in [0.25, 0.3) is 0 Å². The standard InChI is InChI=1S/C8H12F4N2/c1-13-14(2)5-7(6(9)10)3-8(11,12)4-7/h6H,1,3-5H2,2H3. The van der Waals surface area contributed by atoms with E-state index in [0.717, 1.165) is 0 Å². The van der Waals surface area contributed by atoms with Gasteiger partial charge in [-0.05, 0) is 0 Å². The number of halogens is 4. The van der Waals surface area contributed by atoms with Crippen molar-refractivity contribution in [2.24, 2.45) is 10.5 Å². The quantitative estimate of drug-likeness (QED) is 0.396. The van der Waals surface area contributed by atoms with Crippen LogP contribution in [0.3, 0.4) is 0 Å². The molecule has 0 unspecified atom stereocenters. The van der Waals surface area contributed by atoms with Gasteiger partial charge in [-0.2, -0.15) is 5.10 Å². The van der Waals surface area contributed by atoms with Crippen molar-refractivity contribution < 1.29 is 17.6 Å². The average molecular weight is 212 g/mol. The molecule has 1 rings (SSSR count). The van der Waals surface area contributed by atoms with Crippen molar-refractivity contribution in [3.05, 3.63) is 0 Å². The summed E-state index contributed by atoms with van der Waals surface area (Å²) in [5.41, 5.74) is -1.61. The summed E-state index contributed by atoms with van der Waals surface area (Å²) in [7, 11) is 1.44. The lowest BCUT2D eigenvalue weighted by Gasteiger charge is -2.47. The van der Waals surface area contributed by atoms with Crippen LogP contribution in [0.15, 0.2) is 5.10 Å². The Labute approximate surface area is 79.6 Å². The van der Waals surface area contributed by atoms with Crippen LogP contribution in [0.4, 0.5) is 17.6 Å². The molecule has 0 amide bonds. The number of hydrogen-bond donors (Lipinski definition) is 0. The molecular formula is C8H12F4N2. The molecular weight excluding hydrogens is 200 g/mol. The number of hydrazone groups is 1. The van der Waals surface area contributed by atoms with Crippen LogP contribution >= 0.6 is 0 Å². The van der Waals surface area contributed by atoms with Crippen LogP contribution in [0.5, 0.6) is 0 Å². The van der Waals surface area contributed by atoms with Crippen LogP contribution in [0, 0.1) is 5.41 Å². The highest BCUT2D eigenvalue weighted by molar-refractivity contribution is 5.22. The SMILES string of the molecule is C=NN(C)CC1(C(F)F)CC(F)(F)C1. The normalized spacial score (nSPS) is 23.0. The van der Waals surface area contributed by atoms with E-state index in [1.165, 1.54) is 12.1 Å². The van der Waals surface area contributed by atoms with Gasteiger partial charge in [0, 0.05) is 33.2 Å². The molecule has 1 aliphatic carbocycles. The summed E-state index contributed by atoms with van der Waals surface area (Å²) in [5, 5.41) is 4.56. The van der Waals surface area contributed by atoms with Crippen LogP contribution in [-0.4, -0.2) is 37.7 Å². The van der Waals surface area contributed by atoms with Crippen molar-refractivity contribution in [3.63, 3.8) is 0 Å². The van der Waals surface area contributed by atoms with Crippen molar-refractivity contribution in [1.29, 1.82) is 0 Å². The van der Waals surface area contributed by atoms with Gasteiger partial charge < -0.3 is 0 Å². The van der Waals surface area contributed by atoms with Crippen LogP contribution in [0.2, 0.25) is 0 Å². The van der Waals surface area contributed by atoms with Gasteiger partial charge in [0.25, 0.3) is 0 Å². The van der Waals surface area contributed by atoms with Gasteiger partial charge in [-0.1, -0.05) is 0 Å². The molecule has 0 aliphatic heterocycles. The van der Waals surface area contributed by atoms with Gasteiger partial charge in [0.15, 0.2) is 0 Å². The minimum Gasteiger partial charge on any atom is -0.300 e. The first-order chi connectivity index (χ1) is 6.31. The summed E-state index contributed by atoms with van der Waals surface area (Å²) in [6.07, 6.45) is -4.28. The molecule has 0 N–H and O–H groups in total. The van der Waals surface area contributed by atoms with Gasteiger partial charge in [0.1, 0.15) is 0 Å². The van der Waals surface area contributed by atoms with E-state index < -0.39 is 30.6 Å². The monoisotopic (exact) mass is 212 g/mol. The van der Waals surface area contributed by atoms with Gasteiger partial charge in [-0.25, -0.2) is 17.6 Å². The zero-order valence-electron chi connectivity index (χ0n) is 7.81. The molecule has 1 fully saturated rings. The summed E-state index contributed by atoms with van der Waals surface area (Å²) < 4.78 is 50.2.